The van der Waals surface area contributed by atoms with Crippen LogP contribution in [0.2, 0.25) is 0 Å². The minimum atomic E-state index is 0.735. The standard InChI is InChI=1S/C26H34N2O2/c1-3-29-16-14-27-19-21-12-13-25(23(18-21)20-28-15-17-30-4-2)26-11-7-9-22-8-5-6-10-24(22)26/h5-13,18,27-28H,3-4,14-17,19-20H2,1-2H3. The highest BCUT2D eigenvalue weighted by molar-refractivity contribution is 5.97. The van der Waals surface area contributed by atoms with E-state index in [2.05, 4.69) is 71.3 Å². The first-order valence-corrected chi connectivity index (χ1v) is 11.0. The first-order chi connectivity index (χ1) is 14.8. The molecule has 0 unspecified atom stereocenters. The molecule has 0 aromatic heterocycles. The molecule has 30 heavy (non-hydrogen) atoms. The summed E-state index contributed by atoms with van der Waals surface area (Å²) in [5.41, 5.74) is 5.17. The van der Waals surface area contributed by atoms with Gasteiger partial charge in [0.25, 0.3) is 0 Å². The summed E-state index contributed by atoms with van der Waals surface area (Å²) >= 11 is 0. The highest BCUT2D eigenvalue weighted by Crippen LogP contribution is 2.31. The average molecular weight is 407 g/mol. The molecule has 0 radical (unpaired) electrons. The maximum Gasteiger partial charge on any atom is 0.0590 e. The summed E-state index contributed by atoms with van der Waals surface area (Å²) in [5, 5.41) is 9.57. The van der Waals surface area contributed by atoms with Gasteiger partial charge in [-0.05, 0) is 46.9 Å². The molecular formula is C26H34N2O2. The van der Waals surface area contributed by atoms with Crippen molar-refractivity contribution in [1.82, 2.24) is 10.6 Å². The zero-order valence-corrected chi connectivity index (χ0v) is 18.2. The third kappa shape index (κ3) is 6.38. The molecule has 0 amide bonds. The van der Waals surface area contributed by atoms with E-state index in [1.807, 2.05) is 13.8 Å². The van der Waals surface area contributed by atoms with E-state index >= 15 is 0 Å². The van der Waals surface area contributed by atoms with Gasteiger partial charge in [0.2, 0.25) is 0 Å². The van der Waals surface area contributed by atoms with E-state index in [1.54, 1.807) is 0 Å². The summed E-state index contributed by atoms with van der Waals surface area (Å²) in [7, 11) is 0. The number of nitrogens with one attached hydrogen (secondary N) is 2. The molecule has 0 atom stereocenters. The van der Waals surface area contributed by atoms with Gasteiger partial charge in [0.15, 0.2) is 0 Å². The Balaban J connectivity index is 1.81. The second-order valence-corrected chi connectivity index (χ2v) is 7.27. The van der Waals surface area contributed by atoms with Crippen LogP contribution in [0.3, 0.4) is 0 Å². The zero-order chi connectivity index (χ0) is 21.0. The molecule has 0 aliphatic carbocycles. The van der Waals surface area contributed by atoms with Gasteiger partial charge in [-0.1, -0.05) is 60.7 Å². The Labute approximate surface area is 180 Å². The summed E-state index contributed by atoms with van der Waals surface area (Å²) in [6.45, 7) is 10.4. The highest BCUT2D eigenvalue weighted by atomic mass is 16.5. The van der Waals surface area contributed by atoms with E-state index in [9.17, 15) is 0 Å². The number of hydrogen-bond acceptors (Lipinski definition) is 4. The lowest BCUT2D eigenvalue weighted by atomic mass is 9.93. The second kappa shape index (κ2) is 12.5. The molecule has 0 aliphatic heterocycles. The predicted octanol–water partition coefficient (Wildman–Crippen LogP) is 4.76. The maximum atomic E-state index is 5.47. The topological polar surface area (TPSA) is 42.5 Å². The number of hydrogen-bond donors (Lipinski definition) is 2. The fourth-order valence-electron chi connectivity index (χ4n) is 3.66. The molecule has 4 heteroatoms. The van der Waals surface area contributed by atoms with Crippen molar-refractivity contribution in [3.05, 3.63) is 71.8 Å². The van der Waals surface area contributed by atoms with E-state index in [0.717, 1.165) is 52.6 Å². The first-order valence-electron chi connectivity index (χ1n) is 11.0. The predicted molar refractivity (Wildman–Crippen MR) is 126 cm³/mol. The summed E-state index contributed by atoms with van der Waals surface area (Å²) in [4.78, 5) is 0. The summed E-state index contributed by atoms with van der Waals surface area (Å²) in [6.07, 6.45) is 0. The van der Waals surface area contributed by atoms with Gasteiger partial charge in [-0.3, -0.25) is 0 Å². The van der Waals surface area contributed by atoms with E-state index in [0.29, 0.717) is 0 Å². The lowest BCUT2D eigenvalue weighted by Crippen LogP contribution is -2.21. The Morgan fingerprint density at radius 1 is 0.700 bits per heavy atom. The molecule has 3 aromatic carbocycles. The Morgan fingerprint density at radius 3 is 2.17 bits per heavy atom. The Morgan fingerprint density at radius 2 is 1.40 bits per heavy atom. The van der Waals surface area contributed by atoms with Crippen LogP contribution in [0.4, 0.5) is 0 Å². The molecule has 3 aromatic rings. The molecular weight excluding hydrogens is 372 g/mol. The SMILES string of the molecule is CCOCCNCc1ccc(-c2cccc3ccccc23)c(CNCCOCC)c1. The maximum absolute atomic E-state index is 5.47. The highest BCUT2D eigenvalue weighted by Gasteiger charge is 2.10. The van der Waals surface area contributed by atoms with Crippen LogP contribution in [0.25, 0.3) is 21.9 Å². The van der Waals surface area contributed by atoms with Crippen molar-refractivity contribution in [2.45, 2.75) is 26.9 Å². The molecule has 0 heterocycles. The first kappa shape index (κ1) is 22.4. The molecule has 160 valence electrons. The van der Waals surface area contributed by atoms with Crippen LogP contribution in [0.1, 0.15) is 25.0 Å². The van der Waals surface area contributed by atoms with Crippen LogP contribution < -0.4 is 10.6 Å². The van der Waals surface area contributed by atoms with Crippen LogP contribution >= 0.6 is 0 Å². The summed E-state index contributed by atoms with van der Waals surface area (Å²) < 4.78 is 10.9. The van der Waals surface area contributed by atoms with Gasteiger partial charge < -0.3 is 20.1 Å². The lowest BCUT2D eigenvalue weighted by molar-refractivity contribution is 0.149. The average Bonchev–Trinajstić information content (AvgIpc) is 2.79. The lowest BCUT2D eigenvalue weighted by Gasteiger charge is -2.15. The fourth-order valence-corrected chi connectivity index (χ4v) is 3.66. The number of fused-ring (bicyclic) bond motifs is 1. The van der Waals surface area contributed by atoms with Crippen LogP contribution in [0, 0.1) is 0 Å². The zero-order valence-electron chi connectivity index (χ0n) is 18.2. The van der Waals surface area contributed by atoms with Crippen LogP contribution in [-0.4, -0.2) is 39.5 Å². The van der Waals surface area contributed by atoms with Gasteiger partial charge in [0, 0.05) is 39.4 Å². The molecule has 0 spiro atoms. The molecule has 3 rings (SSSR count). The third-order valence-corrected chi connectivity index (χ3v) is 5.15. The molecule has 4 nitrogen and oxygen atoms in total. The molecule has 0 saturated heterocycles. The van der Waals surface area contributed by atoms with Crippen molar-refractivity contribution in [3.8, 4) is 11.1 Å². The van der Waals surface area contributed by atoms with Gasteiger partial charge in [0.1, 0.15) is 0 Å². The molecule has 2 N–H and O–H groups in total. The van der Waals surface area contributed by atoms with E-state index in [4.69, 9.17) is 9.47 Å². The Bertz CT molecular complexity index is 905. The molecule has 0 bridgehead atoms. The number of rotatable bonds is 13. The van der Waals surface area contributed by atoms with E-state index in [-0.39, 0.29) is 0 Å². The van der Waals surface area contributed by atoms with E-state index < -0.39 is 0 Å². The Kier molecular flexibility index (Phi) is 9.32. The van der Waals surface area contributed by atoms with Gasteiger partial charge in [-0.25, -0.2) is 0 Å². The minimum Gasteiger partial charge on any atom is -0.380 e. The third-order valence-electron chi connectivity index (χ3n) is 5.15. The van der Waals surface area contributed by atoms with Crippen molar-refractivity contribution >= 4 is 10.8 Å². The second-order valence-electron chi connectivity index (χ2n) is 7.27. The minimum absolute atomic E-state index is 0.735. The van der Waals surface area contributed by atoms with Crippen molar-refractivity contribution in [1.29, 1.82) is 0 Å². The fraction of sp³-hybridized carbons (Fsp3) is 0.385. The van der Waals surface area contributed by atoms with E-state index in [1.165, 1.54) is 33.0 Å². The van der Waals surface area contributed by atoms with Crippen molar-refractivity contribution in [2.24, 2.45) is 0 Å². The summed E-state index contributed by atoms with van der Waals surface area (Å²) in [5.74, 6) is 0. The molecule has 0 fully saturated rings. The van der Waals surface area contributed by atoms with Gasteiger partial charge in [0.05, 0.1) is 13.2 Å². The van der Waals surface area contributed by atoms with Crippen molar-refractivity contribution < 1.29 is 9.47 Å². The number of ether oxygens (including phenoxy) is 2. The number of benzene rings is 3. The van der Waals surface area contributed by atoms with Crippen molar-refractivity contribution in [3.63, 3.8) is 0 Å². The smallest absolute Gasteiger partial charge is 0.0590 e. The summed E-state index contributed by atoms with van der Waals surface area (Å²) in [6, 6.07) is 22.0. The van der Waals surface area contributed by atoms with Gasteiger partial charge in [-0.2, -0.15) is 0 Å². The van der Waals surface area contributed by atoms with Crippen molar-refractivity contribution in [2.75, 3.05) is 39.5 Å². The quantitative estimate of drug-likeness (QED) is 0.402. The van der Waals surface area contributed by atoms with Gasteiger partial charge in [-0.15, -0.1) is 0 Å². The monoisotopic (exact) mass is 406 g/mol. The van der Waals surface area contributed by atoms with Crippen LogP contribution in [0.5, 0.6) is 0 Å². The Hall–Kier alpha value is -2.24. The largest absolute Gasteiger partial charge is 0.380 e. The molecule has 0 aliphatic rings. The normalized spacial score (nSPS) is 11.3. The van der Waals surface area contributed by atoms with Crippen LogP contribution in [0.15, 0.2) is 60.7 Å². The molecule has 0 saturated carbocycles. The van der Waals surface area contributed by atoms with Crippen LogP contribution in [-0.2, 0) is 22.6 Å². The van der Waals surface area contributed by atoms with Gasteiger partial charge >= 0.3 is 0 Å².